The van der Waals surface area contributed by atoms with Crippen LogP contribution >= 0.6 is 0 Å². The number of H-pyrrole nitrogens is 1. The fraction of sp³-hybridized carbons (Fsp3) is 0.560. The van der Waals surface area contributed by atoms with Crippen molar-refractivity contribution in [2.75, 3.05) is 61.1 Å². The molecule has 2 aromatic heterocycles. The molecule has 228 valence electrons. The zero-order chi connectivity index (χ0) is 30.4. The van der Waals surface area contributed by atoms with Crippen molar-refractivity contribution < 1.29 is 40.7 Å². The Balaban J connectivity index is 1.17. The second-order valence-corrected chi connectivity index (χ2v) is 10.3. The summed E-state index contributed by atoms with van der Waals surface area (Å²) in [5.41, 5.74) is -3.90. The van der Waals surface area contributed by atoms with Crippen molar-refractivity contribution in [2.24, 2.45) is 0 Å². The number of aromatic nitrogens is 3. The molecule has 0 aromatic carbocycles. The predicted molar refractivity (Wildman–Crippen MR) is 136 cm³/mol. The summed E-state index contributed by atoms with van der Waals surface area (Å²) in [6.07, 6.45) is -6.73. The first-order valence-corrected chi connectivity index (χ1v) is 13.2. The average molecular weight is 604 g/mol. The SMILES string of the molecule is CN1C(=O)[C@H]2CN(C(=O)CCOC[C@@H]3CCCN3c3cn[nH]c(=O)c3C(F)(F)F)CCN2c2ncc(C(F)(F)F)cc21. The molecule has 0 aliphatic carbocycles. The van der Waals surface area contributed by atoms with E-state index in [-0.39, 0.29) is 68.9 Å². The van der Waals surface area contributed by atoms with Crippen LogP contribution in [0.4, 0.5) is 43.5 Å². The highest BCUT2D eigenvalue weighted by atomic mass is 19.4. The monoisotopic (exact) mass is 603 g/mol. The Morgan fingerprint density at radius 2 is 1.81 bits per heavy atom. The highest BCUT2D eigenvalue weighted by Gasteiger charge is 2.44. The van der Waals surface area contributed by atoms with Gasteiger partial charge in [0.05, 0.1) is 55.4 Å². The fourth-order valence-corrected chi connectivity index (χ4v) is 5.63. The Bertz CT molecular complexity index is 1410. The van der Waals surface area contributed by atoms with Gasteiger partial charge in [-0.05, 0) is 18.9 Å². The normalized spacial score (nSPS) is 21.1. The first-order chi connectivity index (χ1) is 19.8. The molecule has 3 aliphatic heterocycles. The van der Waals surface area contributed by atoms with Crippen LogP contribution in [0.3, 0.4) is 0 Å². The van der Waals surface area contributed by atoms with Crippen molar-refractivity contribution in [2.45, 2.75) is 43.7 Å². The lowest BCUT2D eigenvalue weighted by Gasteiger charge is -2.46. The third kappa shape index (κ3) is 5.61. The van der Waals surface area contributed by atoms with Gasteiger partial charge < -0.3 is 24.3 Å². The minimum absolute atomic E-state index is 0.0102. The number of piperazine rings is 1. The number of aromatic amines is 1. The van der Waals surface area contributed by atoms with Crippen molar-refractivity contribution in [1.82, 2.24) is 20.1 Å². The average Bonchev–Trinajstić information content (AvgIpc) is 3.40. The van der Waals surface area contributed by atoms with Gasteiger partial charge in [-0.1, -0.05) is 0 Å². The number of nitrogens with one attached hydrogen (secondary N) is 1. The second kappa shape index (κ2) is 11.1. The third-order valence-corrected chi connectivity index (χ3v) is 7.73. The molecule has 0 unspecified atom stereocenters. The minimum atomic E-state index is -4.87. The number of carbonyl (C=O) groups is 2. The zero-order valence-corrected chi connectivity index (χ0v) is 22.3. The van der Waals surface area contributed by atoms with Crippen molar-refractivity contribution in [3.05, 3.63) is 39.9 Å². The molecule has 3 aliphatic rings. The lowest BCUT2D eigenvalue weighted by atomic mass is 10.0. The van der Waals surface area contributed by atoms with E-state index in [0.29, 0.717) is 12.8 Å². The molecule has 2 saturated heterocycles. The summed E-state index contributed by atoms with van der Waals surface area (Å²) < 4.78 is 85.7. The summed E-state index contributed by atoms with van der Waals surface area (Å²) in [7, 11) is 1.36. The van der Waals surface area contributed by atoms with Crippen molar-refractivity contribution in [3.8, 4) is 0 Å². The number of hydrogen-bond donors (Lipinski definition) is 1. The molecule has 17 heteroatoms. The molecule has 0 radical (unpaired) electrons. The van der Waals surface area contributed by atoms with Gasteiger partial charge in [0.1, 0.15) is 11.6 Å². The lowest BCUT2D eigenvalue weighted by molar-refractivity contribution is -0.139. The van der Waals surface area contributed by atoms with E-state index in [1.54, 1.807) is 4.90 Å². The number of amides is 2. The van der Waals surface area contributed by atoms with Crippen LogP contribution in [0.15, 0.2) is 23.3 Å². The molecule has 2 atom stereocenters. The predicted octanol–water partition coefficient (Wildman–Crippen LogP) is 2.27. The smallest absolute Gasteiger partial charge is 0.379 e. The number of pyridine rings is 1. The van der Waals surface area contributed by atoms with E-state index in [2.05, 4.69) is 10.1 Å². The van der Waals surface area contributed by atoms with Crippen LogP contribution in [0.25, 0.3) is 0 Å². The van der Waals surface area contributed by atoms with Crippen LogP contribution in [-0.2, 0) is 26.7 Å². The molecule has 42 heavy (non-hydrogen) atoms. The Labute approximate surface area is 235 Å². The summed E-state index contributed by atoms with van der Waals surface area (Å²) in [5.74, 6) is -0.542. The lowest BCUT2D eigenvalue weighted by Crippen LogP contribution is -2.63. The van der Waals surface area contributed by atoms with Gasteiger partial charge in [-0.15, -0.1) is 0 Å². The van der Waals surface area contributed by atoms with E-state index in [4.69, 9.17) is 4.74 Å². The molecular weight excluding hydrogens is 576 g/mol. The quantitative estimate of drug-likeness (QED) is 0.395. The number of fused-ring (bicyclic) bond motifs is 3. The largest absolute Gasteiger partial charge is 0.423 e. The van der Waals surface area contributed by atoms with Crippen LogP contribution in [0.5, 0.6) is 0 Å². The number of alkyl halides is 6. The maximum Gasteiger partial charge on any atom is 0.423 e. The molecule has 5 heterocycles. The van der Waals surface area contributed by atoms with Gasteiger partial charge in [-0.3, -0.25) is 14.4 Å². The first-order valence-electron chi connectivity index (χ1n) is 13.2. The van der Waals surface area contributed by atoms with Gasteiger partial charge in [0.15, 0.2) is 5.82 Å². The molecule has 11 nitrogen and oxygen atoms in total. The number of hydrogen-bond acceptors (Lipinski definition) is 8. The molecule has 5 rings (SSSR count). The van der Waals surface area contributed by atoms with E-state index in [1.807, 2.05) is 5.10 Å². The number of ether oxygens (including phenoxy) is 1. The number of carbonyl (C=O) groups excluding carboxylic acids is 2. The molecule has 2 fully saturated rings. The van der Waals surface area contributed by atoms with Crippen LogP contribution < -0.4 is 20.3 Å². The minimum Gasteiger partial charge on any atom is -0.379 e. The summed E-state index contributed by atoms with van der Waals surface area (Å²) in [6, 6.07) is -0.385. The van der Waals surface area contributed by atoms with E-state index >= 15 is 0 Å². The van der Waals surface area contributed by atoms with Crippen LogP contribution in [0.1, 0.15) is 30.4 Å². The van der Waals surface area contributed by atoms with Crippen LogP contribution in [0, 0.1) is 0 Å². The Morgan fingerprint density at radius 1 is 1.05 bits per heavy atom. The van der Waals surface area contributed by atoms with Crippen molar-refractivity contribution in [3.63, 3.8) is 0 Å². The van der Waals surface area contributed by atoms with Crippen LogP contribution in [0.2, 0.25) is 0 Å². The van der Waals surface area contributed by atoms with Gasteiger partial charge in [0, 0.05) is 32.9 Å². The molecule has 2 aromatic rings. The summed E-state index contributed by atoms with van der Waals surface area (Å²) in [6.45, 7) is 0.693. The molecule has 1 N–H and O–H groups in total. The summed E-state index contributed by atoms with van der Waals surface area (Å²) in [4.78, 5) is 47.4. The summed E-state index contributed by atoms with van der Waals surface area (Å²) >= 11 is 0. The molecular formula is C25H27F6N7O4. The van der Waals surface area contributed by atoms with Gasteiger partial charge in [0.25, 0.3) is 11.5 Å². The topological polar surface area (TPSA) is 115 Å². The van der Waals surface area contributed by atoms with Crippen molar-refractivity contribution >= 4 is 29.0 Å². The maximum atomic E-state index is 13.5. The fourth-order valence-electron chi connectivity index (χ4n) is 5.63. The van der Waals surface area contributed by atoms with E-state index in [1.165, 1.54) is 16.8 Å². The standard InChI is InChI=1S/C25H27F6N7O4/c1-35-16-9-14(24(26,27)28)10-32-21(16)38-7-6-36(12-18(38)23(35)41)19(39)4-8-42-13-15-3-2-5-37(15)17-11-33-34-22(40)20(17)25(29,30)31/h9-11,15,18H,2-8,12-13H2,1H3,(H,34,40)/t15-,18+/m0/s1. The maximum absolute atomic E-state index is 13.5. The third-order valence-electron chi connectivity index (χ3n) is 7.73. The highest BCUT2D eigenvalue weighted by Crippen LogP contribution is 2.40. The summed E-state index contributed by atoms with van der Waals surface area (Å²) in [5, 5.41) is 5.34. The number of rotatable bonds is 6. The van der Waals surface area contributed by atoms with Gasteiger partial charge in [-0.25, -0.2) is 10.1 Å². The van der Waals surface area contributed by atoms with Gasteiger partial charge in [0.2, 0.25) is 5.91 Å². The number of halogens is 6. The molecule has 0 spiro atoms. The Hall–Kier alpha value is -3.89. The number of anilines is 3. The Kier molecular flexibility index (Phi) is 7.80. The molecule has 2 amide bonds. The number of likely N-dealkylation sites (N-methyl/N-ethyl adjacent to an activating group) is 1. The Morgan fingerprint density at radius 3 is 2.52 bits per heavy atom. The zero-order valence-electron chi connectivity index (χ0n) is 22.3. The highest BCUT2D eigenvalue weighted by molar-refractivity contribution is 6.05. The van der Waals surface area contributed by atoms with E-state index < -0.39 is 47.0 Å². The molecule has 0 bridgehead atoms. The van der Waals surface area contributed by atoms with Gasteiger partial charge in [-0.2, -0.15) is 31.4 Å². The molecule has 0 saturated carbocycles. The van der Waals surface area contributed by atoms with Crippen molar-refractivity contribution in [1.29, 1.82) is 0 Å². The van der Waals surface area contributed by atoms with Crippen LogP contribution in [-0.4, -0.2) is 90.4 Å². The first kappa shape index (κ1) is 29.6. The second-order valence-electron chi connectivity index (χ2n) is 10.3. The van der Waals surface area contributed by atoms with E-state index in [9.17, 15) is 40.7 Å². The number of nitrogens with zero attached hydrogens (tertiary/aromatic N) is 6. The van der Waals surface area contributed by atoms with E-state index in [0.717, 1.165) is 23.4 Å². The van der Waals surface area contributed by atoms with Gasteiger partial charge >= 0.3 is 12.4 Å².